The minimum Gasteiger partial charge on any atom is -0.379 e. The first-order valence-electron chi connectivity index (χ1n) is 7.21. The topological polar surface area (TPSA) is 58.6 Å². The van der Waals surface area contributed by atoms with Gasteiger partial charge in [0.2, 0.25) is 11.8 Å². The second-order valence-corrected chi connectivity index (χ2v) is 5.69. The Labute approximate surface area is 114 Å². The van der Waals surface area contributed by atoms with Crippen molar-refractivity contribution in [2.75, 3.05) is 20.3 Å². The van der Waals surface area contributed by atoms with Crippen LogP contribution >= 0.6 is 0 Å². The van der Waals surface area contributed by atoms with Gasteiger partial charge in [-0.05, 0) is 25.2 Å². The van der Waals surface area contributed by atoms with Crippen LogP contribution in [0, 0.1) is 5.92 Å². The summed E-state index contributed by atoms with van der Waals surface area (Å²) in [6.45, 7) is 2.81. The fourth-order valence-electron chi connectivity index (χ4n) is 3.12. The third-order valence-corrected chi connectivity index (χ3v) is 4.30. The summed E-state index contributed by atoms with van der Waals surface area (Å²) in [4.78, 5) is 25.7. The molecule has 108 valence electrons. The van der Waals surface area contributed by atoms with E-state index < -0.39 is 0 Å². The van der Waals surface area contributed by atoms with Crippen molar-refractivity contribution in [3.63, 3.8) is 0 Å². The fourth-order valence-corrected chi connectivity index (χ4v) is 3.12. The van der Waals surface area contributed by atoms with Gasteiger partial charge in [0.15, 0.2) is 0 Å². The average Bonchev–Trinajstić information content (AvgIpc) is 3.05. The fraction of sp³-hybridized carbons (Fsp3) is 0.857. The highest BCUT2D eigenvalue weighted by molar-refractivity contribution is 5.87. The molecule has 2 fully saturated rings. The van der Waals surface area contributed by atoms with E-state index in [-0.39, 0.29) is 23.9 Å². The first kappa shape index (κ1) is 14.3. The molecule has 2 atom stereocenters. The summed E-state index contributed by atoms with van der Waals surface area (Å²) < 4.78 is 5.33. The highest BCUT2D eigenvalue weighted by Crippen LogP contribution is 2.29. The molecule has 2 unspecified atom stereocenters. The predicted octanol–water partition coefficient (Wildman–Crippen LogP) is 0.929. The highest BCUT2D eigenvalue weighted by Gasteiger charge is 2.35. The van der Waals surface area contributed by atoms with Crippen molar-refractivity contribution in [1.82, 2.24) is 10.2 Å². The summed E-state index contributed by atoms with van der Waals surface area (Å²) in [5.41, 5.74) is 0. The Bertz CT molecular complexity index is 334. The van der Waals surface area contributed by atoms with Crippen molar-refractivity contribution in [1.29, 1.82) is 0 Å². The zero-order valence-electron chi connectivity index (χ0n) is 11.9. The average molecular weight is 268 g/mol. The summed E-state index contributed by atoms with van der Waals surface area (Å²) >= 11 is 0. The lowest BCUT2D eigenvalue weighted by atomic mass is 9.96. The van der Waals surface area contributed by atoms with E-state index in [1.54, 1.807) is 4.90 Å². The smallest absolute Gasteiger partial charge is 0.245 e. The van der Waals surface area contributed by atoms with Crippen LogP contribution in [0.2, 0.25) is 0 Å². The molecule has 0 spiro atoms. The number of hydrogen-bond acceptors (Lipinski definition) is 3. The first-order valence-corrected chi connectivity index (χ1v) is 7.21. The minimum atomic E-state index is -0.356. The number of rotatable bonds is 4. The van der Waals surface area contributed by atoms with Crippen LogP contribution in [0.5, 0.6) is 0 Å². The summed E-state index contributed by atoms with van der Waals surface area (Å²) in [6.07, 6.45) is 5.27. The Morgan fingerprint density at radius 1 is 1.26 bits per heavy atom. The maximum atomic E-state index is 12.6. The normalized spacial score (nSPS) is 25.3. The molecule has 0 radical (unpaired) electrons. The molecule has 1 aliphatic heterocycles. The third kappa shape index (κ3) is 3.47. The summed E-state index contributed by atoms with van der Waals surface area (Å²) in [5, 5.41) is 2.86. The molecule has 2 aliphatic rings. The number of likely N-dealkylation sites (N-methyl/N-ethyl adjacent to an activating group) is 1. The molecule has 0 aromatic rings. The molecule has 1 aliphatic carbocycles. The van der Waals surface area contributed by atoms with Gasteiger partial charge in [-0.1, -0.05) is 12.8 Å². The van der Waals surface area contributed by atoms with Gasteiger partial charge in [-0.2, -0.15) is 0 Å². The molecule has 0 bridgehead atoms. The van der Waals surface area contributed by atoms with E-state index in [0.29, 0.717) is 12.5 Å². The lowest BCUT2D eigenvalue weighted by Crippen LogP contribution is -2.53. The number of nitrogens with one attached hydrogen (secondary N) is 1. The van der Waals surface area contributed by atoms with Gasteiger partial charge in [0.05, 0.1) is 12.6 Å². The minimum absolute atomic E-state index is 0.0394. The molecule has 5 heteroatoms. The zero-order chi connectivity index (χ0) is 13.8. The van der Waals surface area contributed by atoms with Gasteiger partial charge in [0.25, 0.3) is 0 Å². The molecular formula is C14H24N2O3. The van der Waals surface area contributed by atoms with Crippen LogP contribution in [0.1, 0.15) is 39.0 Å². The van der Waals surface area contributed by atoms with Gasteiger partial charge in [0.1, 0.15) is 6.04 Å². The molecule has 2 rings (SSSR count). The summed E-state index contributed by atoms with van der Waals surface area (Å²) in [7, 11) is 1.82. The lowest BCUT2D eigenvalue weighted by Gasteiger charge is -2.31. The number of ether oxygens (including phenoxy) is 1. The lowest BCUT2D eigenvalue weighted by molar-refractivity contribution is -0.138. The van der Waals surface area contributed by atoms with Crippen LogP contribution in [0.15, 0.2) is 0 Å². The van der Waals surface area contributed by atoms with Crippen molar-refractivity contribution in [3.8, 4) is 0 Å². The van der Waals surface area contributed by atoms with Crippen molar-refractivity contribution in [2.45, 2.75) is 51.1 Å². The van der Waals surface area contributed by atoms with E-state index in [9.17, 15) is 9.59 Å². The van der Waals surface area contributed by atoms with E-state index in [2.05, 4.69) is 5.32 Å². The number of nitrogens with zero attached hydrogens (tertiary/aromatic N) is 1. The van der Waals surface area contributed by atoms with Crippen LogP contribution in [-0.2, 0) is 14.3 Å². The maximum Gasteiger partial charge on any atom is 0.245 e. The predicted molar refractivity (Wildman–Crippen MR) is 71.6 cm³/mol. The number of carbonyl (C=O) groups is 2. The van der Waals surface area contributed by atoms with Gasteiger partial charge >= 0.3 is 0 Å². The standard InChI is InChI=1S/C14H24N2O3/c1-10(17)15-13(11-5-3-4-6-11)14(18)16(2)12-7-8-19-9-12/h11-13H,3-9H2,1-2H3,(H,15,17). The van der Waals surface area contributed by atoms with Crippen molar-refractivity contribution in [3.05, 3.63) is 0 Å². The van der Waals surface area contributed by atoms with E-state index in [0.717, 1.165) is 38.7 Å². The van der Waals surface area contributed by atoms with Gasteiger partial charge < -0.3 is 15.0 Å². The summed E-state index contributed by atoms with van der Waals surface area (Å²) in [6, 6.07) is -0.198. The summed E-state index contributed by atoms with van der Waals surface area (Å²) in [5.74, 6) is 0.208. The van der Waals surface area contributed by atoms with E-state index >= 15 is 0 Å². The van der Waals surface area contributed by atoms with Crippen LogP contribution in [-0.4, -0.2) is 49.1 Å². The monoisotopic (exact) mass is 268 g/mol. The SMILES string of the molecule is CC(=O)NC(C(=O)N(C)C1CCOC1)C1CCCC1. The molecule has 5 nitrogen and oxygen atoms in total. The van der Waals surface area contributed by atoms with Gasteiger partial charge in [-0.25, -0.2) is 0 Å². The van der Waals surface area contributed by atoms with E-state index in [4.69, 9.17) is 4.74 Å². The molecule has 1 saturated heterocycles. The van der Waals surface area contributed by atoms with Crippen LogP contribution < -0.4 is 5.32 Å². The number of carbonyl (C=O) groups excluding carboxylic acids is 2. The molecule has 0 aromatic carbocycles. The highest BCUT2D eigenvalue weighted by atomic mass is 16.5. The zero-order valence-corrected chi connectivity index (χ0v) is 11.9. The second-order valence-electron chi connectivity index (χ2n) is 5.69. The Morgan fingerprint density at radius 2 is 1.95 bits per heavy atom. The van der Waals surface area contributed by atoms with Crippen LogP contribution in [0.3, 0.4) is 0 Å². The van der Waals surface area contributed by atoms with Gasteiger partial charge in [-0.15, -0.1) is 0 Å². The second kappa shape index (κ2) is 6.37. The largest absolute Gasteiger partial charge is 0.379 e. The quantitative estimate of drug-likeness (QED) is 0.825. The van der Waals surface area contributed by atoms with Gasteiger partial charge in [-0.3, -0.25) is 9.59 Å². The molecule has 2 amide bonds. The number of amides is 2. The first-order chi connectivity index (χ1) is 9.09. The molecule has 1 saturated carbocycles. The molecule has 19 heavy (non-hydrogen) atoms. The number of hydrogen-bond donors (Lipinski definition) is 1. The Hall–Kier alpha value is -1.10. The molecular weight excluding hydrogens is 244 g/mol. The Kier molecular flexibility index (Phi) is 4.80. The van der Waals surface area contributed by atoms with Crippen molar-refractivity contribution in [2.24, 2.45) is 5.92 Å². The molecule has 0 aromatic heterocycles. The van der Waals surface area contributed by atoms with Crippen LogP contribution in [0.4, 0.5) is 0 Å². The molecule has 1 heterocycles. The third-order valence-electron chi connectivity index (χ3n) is 4.30. The Balaban J connectivity index is 2.02. The van der Waals surface area contributed by atoms with Crippen LogP contribution in [0.25, 0.3) is 0 Å². The van der Waals surface area contributed by atoms with E-state index in [1.807, 2.05) is 7.05 Å². The van der Waals surface area contributed by atoms with Crippen molar-refractivity contribution >= 4 is 11.8 Å². The molecule has 1 N–H and O–H groups in total. The van der Waals surface area contributed by atoms with Gasteiger partial charge in [0, 0.05) is 20.6 Å². The maximum absolute atomic E-state index is 12.6. The Morgan fingerprint density at radius 3 is 2.47 bits per heavy atom. The van der Waals surface area contributed by atoms with Crippen molar-refractivity contribution < 1.29 is 14.3 Å². The van der Waals surface area contributed by atoms with E-state index in [1.165, 1.54) is 6.92 Å².